The summed E-state index contributed by atoms with van der Waals surface area (Å²) in [6, 6.07) is 0.593. The Balaban J connectivity index is 1.85. The molecule has 1 spiro atoms. The van der Waals surface area contributed by atoms with E-state index in [9.17, 15) is 5.11 Å². The van der Waals surface area contributed by atoms with E-state index in [2.05, 4.69) is 11.9 Å². The molecule has 4 heteroatoms. The van der Waals surface area contributed by atoms with Gasteiger partial charge in [-0.1, -0.05) is 0 Å². The highest BCUT2D eigenvalue weighted by Gasteiger charge is 2.39. The minimum atomic E-state index is -0.204. The zero-order chi connectivity index (χ0) is 13.0. The first-order chi connectivity index (χ1) is 8.61. The van der Waals surface area contributed by atoms with Gasteiger partial charge in [-0.3, -0.25) is 0 Å². The van der Waals surface area contributed by atoms with Gasteiger partial charge in [-0.25, -0.2) is 0 Å². The SMILES string of the molecule is CC(O)CCN(C)C1CCOC2(CCOCC2)C1. The summed E-state index contributed by atoms with van der Waals surface area (Å²) in [4.78, 5) is 2.40. The average molecular weight is 257 g/mol. The first-order valence-electron chi connectivity index (χ1n) is 7.21. The zero-order valence-electron chi connectivity index (χ0n) is 11.7. The predicted molar refractivity (Wildman–Crippen MR) is 70.7 cm³/mol. The highest BCUT2D eigenvalue weighted by atomic mass is 16.5. The van der Waals surface area contributed by atoms with Gasteiger partial charge in [0.15, 0.2) is 0 Å². The van der Waals surface area contributed by atoms with E-state index >= 15 is 0 Å². The molecule has 1 N–H and O–H groups in total. The summed E-state index contributed by atoms with van der Waals surface area (Å²) < 4.78 is 11.5. The van der Waals surface area contributed by atoms with E-state index in [1.165, 1.54) is 0 Å². The molecule has 0 amide bonds. The van der Waals surface area contributed by atoms with Crippen molar-refractivity contribution in [3.63, 3.8) is 0 Å². The first-order valence-corrected chi connectivity index (χ1v) is 7.21. The van der Waals surface area contributed by atoms with Crippen molar-refractivity contribution in [2.24, 2.45) is 0 Å². The van der Waals surface area contributed by atoms with Gasteiger partial charge < -0.3 is 19.5 Å². The molecule has 2 rings (SSSR count). The van der Waals surface area contributed by atoms with Gasteiger partial charge in [0.05, 0.1) is 11.7 Å². The number of hydrogen-bond acceptors (Lipinski definition) is 4. The molecule has 0 aromatic rings. The number of aliphatic hydroxyl groups is 1. The Morgan fingerprint density at radius 3 is 2.72 bits per heavy atom. The molecule has 0 aromatic heterocycles. The van der Waals surface area contributed by atoms with Gasteiger partial charge in [-0.05, 0) is 46.1 Å². The van der Waals surface area contributed by atoms with Gasteiger partial charge in [-0.2, -0.15) is 0 Å². The van der Waals surface area contributed by atoms with Crippen LogP contribution in [0.3, 0.4) is 0 Å². The number of ether oxygens (including phenoxy) is 2. The Morgan fingerprint density at radius 1 is 1.33 bits per heavy atom. The fourth-order valence-corrected chi connectivity index (χ4v) is 3.04. The van der Waals surface area contributed by atoms with E-state index < -0.39 is 0 Å². The molecule has 2 aliphatic heterocycles. The molecule has 4 nitrogen and oxygen atoms in total. The standard InChI is InChI=1S/C14H27NO3/c1-12(16)3-7-15(2)13-4-8-18-14(11-13)5-9-17-10-6-14/h12-13,16H,3-11H2,1-2H3. The van der Waals surface area contributed by atoms with Crippen molar-refractivity contribution in [3.8, 4) is 0 Å². The quantitative estimate of drug-likeness (QED) is 0.827. The topological polar surface area (TPSA) is 41.9 Å². The highest BCUT2D eigenvalue weighted by molar-refractivity contribution is 4.92. The molecule has 0 aliphatic carbocycles. The molecule has 106 valence electrons. The van der Waals surface area contributed by atoms with Crippen LogP contribution in [0.2, 0.25) is 0 Å². The van der Waals surface area contributed by atoms with Gasteiger partial charge in [0, 0.05) is 32.4 Å². The molecule has 2 saturated heterocycles. The van der Waals surface area contributed by atoms with Crippen molar-refractivity contribution in [3.05, 3.63) is 0 Å². The van der Waals surface area contributed by atoms with E-state index in [1.54, 1.807) is 0 Å². The zero-order valence-corrected chi connectivity index (χ0v) is 11.7. The van der Waals surface area contributed by atoms with Crippen molar-refractivity contribution < 1.29 is 14.6 Å². The van der Waals surface area contributed by atoms with E-state index in [-0.39, 0.29) is 11.7 Å². The molecule has 0 bridgehead atoms. The number of aliphatic hydroxyl groups excluding tert-OH is 1. The van der Waals surface area contributed by atoms with Gasteiger partial charge in [0.2, 0.25) is 0 Å². The van der Waals surface area contributed by atoms with Gasteiger partial charge in [-0.15, -0.1) is 0 Å². The maximum absolute atomic E-state index is 9.37. The maximum Gasteiger partial charge on any atom is 0.0741 e. The Labute approximate surface area is 110 Å². The number of rotatable bonds is 4. The fraction of sp³-hybridized carbons (Fsp3) is 1.00. The summed E-state index contributed by atoms with van der Waals surface area (Å²) in [7, 11) is 2.17. The second-order valence-corrected chi connectivity index (χ2v) is 5.91. The lowest BCUT2D eigenvalue weighted by atomic mass is 9.83. The number of hydrogen-bond donors (Lipinski definition) is 1. The Kier molecular flexibility index (Phi) is 5.01. The Morgan fingerprint density at radius 2 is 2.06 bits per heavy atom. The average Bonchev–Trinajstić information content (AvgIpc) is 2.37. The third-order valence-electron chi connectivity index (χ3n) is 4.39. The lowest BCUT2D eigenvalue weighted by Gasteiger charge is -2.45. The van der Waals surface area contributed by atoms with Crippen LogP contribution in [0.5, 0.6) is 0 Å². The third kappa shape index (κ3) is 3.67. The van der Waals surface area contributed by atoms with E-state index in [4.69, 9.17) is 9.47 Å². The normalized spacial score (nSPS) is 29.7. The molecule has 0 aromatic carbocycles. The molecule has 2 atom stereocenters. The van der Waals surface area contributed by atoms with Crippen molar-refractivity contribution >= 4 is 0 Å². The minimum absolute atomic E-state index is 0.0697. The lowest BCUT2D eigenvalue weighted by Crippen LogP contribution is -2.50. The second-order valence-electron chi connectivity index (χ2n) is 5.91. The van der Waals surface area contributed by atoms with Crippen LogP contribution >= 0.6 is 0 Å². The van der Waals surface area contributed by atoms with Crippen LogP contribution in [0.15, 0.2) is 0 Å². The summed E-state index contributed by atoms with van der Waals surface area (Å²) in [5, 5.41) is 9.37. The lowest BCUT2D eigenvalue weighted by molar-refractivity contribution is -0.150. The third-order valence-corrected chi connectivity index (χ3v) is 4.39. The Hall–Kier alpha value is -0.160. The molecule has 2 fully saturated rings. The van der Waals surface area contributed by atoms with Crippen LogP contribution < -0.4 is 0 Å². The van der Waals surface area contributed by atoms with E-state index in [1.807, 2.05) is 6.92 Å². The molecular weight excluding hydrogens is 230 g/mol. The Bertz CT molecular complexity index is 246. The van der Waals surface area contributed by atoms with Crippen molar-refractivity contribution in [1.82, 2.24) is 4.90 Å². The molecule has 0 saturated carbocycles. The molecular formula is C14H27NO3. The van der Waals surface area contributed by atoms with Gasteiger partial charge >= 0.3 is 0 Å². The maximum atomic E-state index is 9.37. The van der Waals surface area contributed by atoms with Gasteiger partial charge in [0.1, 0.15) is 0 Å². The van der Waals surface area contributed by atoms with Crippen LogP contribution in [0.25, 0.3) is 0 Å². The smallest absolute Gasteiger partial charge is 0.0741 e. The molecule has 18 heavy (non-hydrogen) atoms. The van der Waals surface area contributed by atoms with Crippen LogP contribution in [-0.4, -0.2) is 61.2 Å². The monoisotopic (exact) mass is 257 g/mol. The van der Waals surface area contributed by atoms with Crippen LogP contribution in [0.1, 0.15) is 39.0 Å². The van der Waals surface area contributed by atoms with E-state index in [0.29, 0.717) is 6.04 Å². The molecule has 0 radical (unpaired) electrons. The van der Waals surface area contributed by atoms with Crippen LogP contribution in [-0.2, 0) is 9.47 Å². The summed E-state index contributed by atoms with van der Waals surface area (Å²) in [6.07, 6.45) is 4.95. The highest BCUT2D eigenvalue weighted by Crippen LogP contribution is 2.35. The summed E-state index contributed by atoms with van der Waals surface area (Å²) >= 11 is 0. The van der Waals surface area contributed by atoms with Crippen LogP contribution in [0.4, 0.5) is 0 Å². The molecule has 2 aliphatic rings. The van der Waals surface area contributed by atoms with E-state index in [0.717, 1.165) is 58.5 Å². The van der Waals surface area contributed by atoms with Crippen molar-refractivity contribution in [2.45, 2.75) is 56.8 Å². The largest absolute Gasteiger partial charge is 0.393 e. The number of nitrogens with zero attached hydrogens (tertiary/aromatic N) is 1. The molecule has 2 unspecified atom stereocenters. The fourth-order valence-electron chi connectivity index (χ4n) is 3.04. The van der Waals surface area contributed by atoms with Gasteiger partial charge in [0.25, 0.3) is 0 Å². The van der Waals surface area contributed by atoms with Crippen LogP contribution in [0, 0.1) is 0 Å². The second kappa shape index (κ2) is 6.33. The minimum Gasteiger partial charge on any atom is -0.393 e. The van der Waals surface area contributed by atoms with Crippen molar-refractivity contribution in [1.29, 1.82) is 0 Å². The summed E-state index contributed by atoms with van der Waals surface area (Å²) in [5.74, 6) is 0. The predicted octanol–water partition coefficient (Wildman–Crippen LogP) is 1.42. The summed E-state index contributed by atoms with van der Waals surface area (Å²) in [6.45, 7) is 5.37. The molecule has 2 heterocycles. The summed E-state index contributed by atoms with van der Waals surface area (Å²) in [5.41, 5.74) is 0.0697. The van der Waals surface area contributed by atoms with Crippen molar-refractivity contribution in [2.75, 3.05) is 33.4 Å². The first kappa shape index (κ1) is 14.3.